The molecule has 4 heterocycles. The summed E-state index contributed by atoms with van der Waals surface area (Å²) in [5, 5.41) is 0. The van der Waals surface area contributed by atoms with Gasteiger partial charge in [-0.05, 0) is 30.9 Å². The van der Waals surface area contributed by atoms with Crippen molar-refractivity contribution in [2.75, 3.05) is 32.8 Å². The third-order valence-electron chi connectivity index (χ3n) is 6.28. The molecule has 0 unspecified atom stereocenters. The van der Waals surface area contributed by atoms with Gasteiger partial charge in [-0.25, -0.2) is 4.98 Å². The smallest absolute Gasteiger partial charge is 0.261 e. The van der Waals surface area contributed by atoms with E-state index in [1.165, 1.54) is 0 Å². The number of amides is 2. The van der Waals surface area contributed by atoms with Gasteiger partial charge in [0.1, 0.15) is 12.1 Å². The third kappa shape index (κ3) is 3.54. The van der Waals surface area contributed by atoms with E-state index < -0.39 is 0 Å². The van der Waals surface area contributed by atoms with Gasteiger partial charge in [0, 0.05) is 43.6 Å². The van der Waals surface area contributed by atoms with Gasteiger partial charge in [0.2, 0.25) is 5.91 Å². The van der Waals surface area contributed by atoms with Crippen molar-refractivity contribution in [1.29, 1.82) is 0 Å². The van der Waals surface area contributed by atoms with Crippen LogP contribution in [0, 0.1) is 5.92 Å². The second-order valence-corrected chi connectivity index (χ2v) is 8.42. The van der Waals surface area contributed by atoms with E-state index in [0.29, 0.717) is 32.8 Å². The number of H-pyrrole nitrogens is 1. The fraction of sp³-hybridized carbons (Fsp3) is 0.524. The normalized spacial score (nSPS) is 23.2. The SMILES string of the molecule is O=C(Cn1ccnc1)N1C[C@@H]2COC[C@H](C1)N(C(=O)c1cc3c([nH]c1=O)CCC3)C2. The maximum atomic E-state index is 13.4. The van der Waals surface area contributed by atoms with Crippen LogP contribution in [0.25, 0.3) is 0 Å². The molecule has 2 aromatic rings. The summed E-state index contributed by atoms with van der Waals surface area (Å²) in [5.41, 5.74) is 1.88. The minimum Gasteiger partial charge on any atom is -0.379 e. The van der Waals surface area contributed by atoms with Crippen molar-refractivity contribution in [3.05, 3.63) is 52.0 Å². The van der Waals surface area contributed by atoms with Gasteiger partial charge >= 0.3 is 0 Å². The van der Waals surface area contributed by atoms with Crippen LogP contribution in [0.15, 0.2) is 29.6 Å². The zero-order valence-electron chi connectivity index (χ0n) is 16.7. The molecule has 2 aromatic heterocycles. The van der Waals surface area contributed by atoms with E-state index >= 15 is 0 Å². The number of ether oxygens (including phenoxy) is 1. The lowest BCUT2D eigenvalue weighted by atomic mass is 10.1. The standard InChI is InChI=1S/C21H25N5O4/c27-19(10-24-5-4-22-13-24)25-7-14-8-26(16(9-25)12-30-11-14)21(29)17-6-15-2-1-3-18(15)23-20(17)28/h4-6,13-14,16H,1-3,7-12H2,(H,23,28)/t14-,16-/m0/s1. The van der Waals surface area contributed by atoms with Crippen LogP contribution in [-0.4, -0.2) is 75.0 Å². The number of nitrogens with one attached hydrogen (secondary N) is 1. The molecule has 2 atom stereocenters. The molecule has 1 N–H and O–H groups in total. The molecule has 2 aliphatic heterocycles. The Hall–Kier alpha value is -2.94. The lowest BCUT2D eigenvalue weighted by molar-refractivity contribution is -0.133. The molecule has 9 nitrogen and oxygen atoms in total. The van der Waals surface area contributed by atoms with Crippen molar-refractivity contribution < 1.29 is 14.3 Å². The summed E-state index contributed by atoms with van der Waals surface area (Å²) in [6.07, 6.45) is 7.77. The van der Waals surface area contributed by atoms with Gasteiger partial charge in [-0.2, -0.15) is 0 Å². The predicted molar refractivity (Wildman–Crippen MR) is 107 cm³/mol. The fourth-order valence-electron chi connectivity index (χ4n) is 4.76. The summed E-state index contributed by atoms with van der Waals surface area (Å²) in [6, 6.07) is 1.49. The number of aryl methyl sites for hydroxylation is 2. The second-order valence-electron chi connectivity index (χ2n) is 8.42. The van der Waals surface area contributed by atoms with Crippen LogP contribution in [0.4, 0.5) is 0 Å². The number of carbonyl (C=O) groups excluding carboxylic acids is 2. The quantitative estimate of drug-likeness (QED) is 0.770. The minimum absolute atomic E-state index is 0.00502. The molecule has 2 bridgehead atoms. The Kier molecular flexibility index (Phi) is 4.90. The van der Waals surface area contributed by atoms with Crippen LogP contribution in [-0.2, 0) is 28.9 Å². The molecule has 158 valence electrons. The lowest BCUT2D eigenvalue weighted by Gasteiger charge is -2.31. The number of aromatic amines is 1. The maximum absolute atomic E-state index is 13.4. The largest absolute Gasteiger partial charge is 0.379 e. The van der Waals surface area contributed by atoms with Gasteiger partial charge in [0.15, 0.2) is 0 Å². The first-order chi connectivity index (χ1) is 14.6. The number of aromatic nitrogens is 3. The Morgan fingerprint density at radius 2 is 2.10 bits per heavy atom. The highest BCUT2D eigenvalue weighted by atomic mass is 16.5. The van der Waals surface area contributed by atoms with Crippen molar-refractivity contribution >= 4 is 11.8 Å². The summed E-state index contributed by atoms with van der Waals surface area (Å²) in [4.78, 5) is 49.3. The number of hydrogen-bond acceptors (Lipinski definition) is 5. The highest BCUT2D eigenvalue weighted by Crippen LogP contribution is 2.23. The van der Waals surface area contributed by atoms with Crippen molar-refractivity contribution in [2.45, 2.75) is 31.8 Å². The molecule has 0 radical (unpaired) electrons. The van der Waals surface area contributed by atoms with E-state index in [9.17, 15) is 14.4 Å². The van der Waals surface area contributed by atoms with E-state index in [1.807, 2.05) is 4.90 Å². The zero-order valence-corrected chi connectivity index (χ0v) is 16.7. The zero-order chi connectivity index (χ0) is 20.7. The average molecular weight is 411 g/mol. The molecule has 0 aromatic carbocycles. The Bertz CT molecular complexity index is 1010. The number of hydrogen-bond donors (Lipinski definition) is 1. The molecular formula is C21H25N5O4. The van der Waals surface area contributed by atoms with Crippen LogP contribution in [0.2, 0.25) is 0 Å². The Labute approximate surface area is 173 Å². The monoisotopic (exact) mass is 411 g/mol. The van der Waals surface area contributed by atoms with Gasteiger partial charge in [-0.15, -0.1) is 0 Å². The first kappa shape index (κ1) is 19.0. The topological polar surface area (TPSA) is 101 Å². The minimum atomic E-state index is -0.326. The number of imidazole rings is 1. The van der Waals surface area contributed by atoms with E-state index in [-0.39, 0.29) is 41.4 Å². The highest BCUT2D eigenvalue weighted by Gasteiger charge is 2.38. The molecule has 2 amide bonds. The van der Waals surface area contributed by atoms with Crippen molar-refractivity contribution in [3.63, 3.8) is 0 Å². The number of pyridine rings is 1. The van der Waals surface area contributed by atoms with Gasteiger partial charge in [0.25, 0.3) is 11.5 Å². The number of carbonyl (C=O) groups is 2. The molecule has 0 spiro atoms. The summed E-state index contributed by atoms with van der Waals surface area (Å²) in [7, 11) is 0. The van der Waals surface area contributed by atoms with Crippen molar-refractivity contribution in [1.82, 2.24) is 24.3 Å². The molecular weight excluding hydrogens is 386 g/mol. The molecule has 5 rings (SSSR count). The van der Waals surface area contributed by atoms with Crippen LogP contribution in [0.3, 0.4) is 0 Å². The molecule has 2 saturated heterocycles. The lowest BCUT2D eigenvalue weighted by Crippen LogP contribution is -2.49. The van der Waals surface area contributed by atoms with E-state index in [2.05, 4.69) is 9.97 Å². The molecule has 2 fully saturated rings. The predicted octanol–water partition coefficient (Wildman–Crippen LogP) is 0.0597. The first-order valence-corrected chi connectivity index (χ1v) is 10.5. The van der Waals surface area contributed by atoms with Crippen molar-refractivity contribution in [3.8, 4) is 0 Å². The van der Waals surface area contributed by atoms with Crippen molar-refractivity contribution in [2.24, 2.45) is 5.92 Å². The molecule has 0 saturated carbocycles. The third-order valence-corrected chi connectivity index (χ3v) is 6.28. The van der Waals surface area contributed by atoms with Crippen LogP contribution in [0.1, 0.15) is 28.0 Å². The Balaban J connectivity index is 1.38. The van der Waals surface area contributed by atoms with Gasteiger partial charge in [0.05, 0.1) is 25.6 Å². The van der Waals surface area contributed by atoms with Crippen LogP contribution < -0.4 is 5.56 Å². The Morgan fingerprint density at radius 1 is 1.20 bits per heavy atom. The van der Waals surface area contributed by atoms with Gasteiger partial charge < -0.3 is 24.1 Å². The van der Waals surface area contributed by atoms with Crippen LogP contribution in [0.5, 0.6) is 0 Å². The summed E-state index contributed by atoms with van der Waals surface area (Å²) in [6.45, 7) is 2.50. The molecule has 1 aliphatic carbocycles. The molecule has 30 heavy (non-hydrogen) atoms. The maximum Gasteiger partial charge on any atom is 0.261 e. The van der Waals surface area contributed by atoms with Gasteiger partial charge in [-0.1, -0.05) is 0 Å². The fourth-order valence-corrected chi connectivity index (χ4v) is 4.76. The summed E-state index contributed by atoms with van der Waals surface area (Å²) >= 11 is 0. The molecule has 9 heteroatoms. The Morgan fingerprint density at radius 3 is 2.93 bits per heavy atom. The molecule has 3 aliphatic rings. The van der Waals surface area contributed by atoms with Gasteiger partial charge in [-0.3, -0.25) is 14.4 Å². The summed E-state index contributed by atoms with van der Waals surface area (Å²) in [5.74, 6) is -0.258. The summed E-state index contributed by atoms with van der Waals surface area (Å²) < 4.78 is 7.53. The average Bonchev–Trinajstić information content (AvgIpc) is 3.29. The highest BCUT2D eigenvalue weighted by molar-refractivity contribution is 5.94. The second kappa shape index (κ2) is 7.71. The first-order valence-electron chi connectivity index (χ1n) is 10.5. The number of fused-ring (bicyclic) bond motifs is 4. The number of rotatable bonds is 3. The van der Waals surface area contributed by atoms with Crippen LogP contribution >= 0.6 is 0 Å². The van der Waals surface area contributed by atoms with E-state index in [4.69, 9.17) is 4.74 Å². The number of nitrogens with zero attached hydrogens (tertiary/aromatic N) is 4. The van der Waals surface area contributed by atoms with E-state index in [0.717, 1.165) is 30.5 Å². The van der Waals surface area contributed by atoms with E-state index in [1.54, 1.807) is 34.3 Å².